The van der Waals surface area contributed by atoms with E-state index in [0.717, 1.165) is 25.7 Å². The molecule has 0 aromatic heterocycles. The molecule has 1 aliphatic heterocycles. The van der Waals surface area contributed by atoms with Crippen LogP contribution < -0.4 is 0 Å². The van der Waals surface area contributed by atoms with Gasteiger partial charge in [0.15, 0.2) is 5.25 Å². The van der Waals surface area contributed by atoms with Crippen LogP contribution in [0.5, 0.6) is 0 Å². The van der Waals surface area contributed by atoms with Gasteiger partial charge >= 0.3 is 0 Å². The van der Waals surface area contributed by atoms with Crippen molar-refractivity contribution in [3.8, 4) is 6.07 Å². The zero-order valence-electron chi connectivity index (χ0n) is 9.15. The van der Waals surface area contributed by atoms with Crippen LogP contribution in [0.15, 0.2) is 0 Å². The molecule has 0 radical (unpaired) electrons. The second-order valence-corrected chi connectivity index (χ2v) is 6.24. The summed E-state index contributed by atoms with van der Waals surface area (Å²) in [5.41, 5.74) is 0. The number of nitrogens with zero attached hydrogens (tertiary/aromatic N) is 2. The Morgan fingerprint density at radius 1 is 1.13 bits per heavy atom. The molecule has 0 aliphatic carbocycles. The van der Waals surface area contributed by atoms with Crippen LogP contribution >= 0.6 is 0 Å². The molecular formula is C10H18N2O2S. The van der Waals surface area contributed by atoms with Gasteiger partial charge in [-0.3, -0.25) is 0 Å². The Labute approximate surface area is 91.9 Å². The van der Waals surface area contributed by atoms with Crippen molar-refractivity contribution < 1.29 is 8.42 Å². The lowest BCUT2D eigenvalue weighted by Gasteiger charge is -2.24. The summed E-state index contributed by atoms with van der Waals surface area (Å²) >= 11 is 0. The van der Waals surface area contributed by atoms with Crippen molar-refractivity contribution in [2.24, 2.45) is 0 Å². The zero-order chi connectivity index (χ0) is 11.3. The fourth-order valence-electron chi connectivity index (χ4n) is 1.76. The molecule has 0 saturated carbocycles. The molecule has 1 heterocycles. The molecule has 1 fully saturated rings. The van der Waals surface area contributed by atoms with Gasteiger partial charge in [0.25, 0.3) is 0 Å². The van der Waals surface area contributed by atoms with Crippen LogP contribution in [0.4, 0.5) is 0 Å². The molecular weight excluding hydrogens is 212 g/mol. The standard InChI is InChI=1S/C10H18N2O2S/c1-10(9-11)15(13,14)12-7-5-3-2-4-6-8-12/h10H,2-8H2,1H3. The van der Waals surface area contributed by atoms with Crippen LogP contribution in [0, 0.1) is 11.3 Å². The van der Waals surface area contributed by atoms with Crippen LogP contribution in [0.3, 0.4) is 0 Å². The van der Waals surface area contributed by atoms with Gasteiger partial charge in [-0.05, 0) is 19.8 Å². The summed E-state index contributed by atoms with van der Waals surface area (Å²) < 4.78 is 25.3. The third kappa shape index (κ3) is 3.18. The summed E-state index contributed by atoms with van der Waals surface area (Å²) in [7, 11) is -3.38. The minimum Gasteiger partial charge on any atom is -0.211 e. The van der Waals surface area contributed by atoms with Crippen LogP contribution in [0.1, 0.15) is 39.0 Å². The largest absolute Gasteiger partial charge is 0.230 e. The van der Waals surface area contributed by atoms with Crippen LogP contribution in [-0.2, 0) is 10.0 Å². The van der Waals surface area contributed by atoms with Crippen LogP contribution in [0.2, 0.25) is 0 Å². The SMILES string of the molecule is CC(C#N)S(=O)(=O)N1CCCCCCC1. The van der Waals surface area contributed by atoms with Crippen molar-refractivity contribution in [2.45, 2.75) is 44.3 Å². The van der Waals surface area contributed by atoms with E-state index in [-0.39, 0.29) is 0 Å². The van der Waals surface area contributed by atoms with E-state index in [2.05, 4.69) is 0 Å². The minimum absolute atomic E-state index is 0.578. The average Bonchev–Trinajstić information content (AvgIpc) is 2.15. The van der Waals surface area contributed by atoms with Gasteiger partial charge in [-0.15, -0.1) is 0 Å². The molecule has 0 aromatic rings. The predicted octanol–water partition coefficient (Wildman–Crippen LogP) is 1.49. The van der Waals surface area contributed by atoms with Crippen molar-refractivity contribution >= 4 is 10.0 Å². The Balaban J connectivity index is 2.72. The van der Waals surface area contributed by atoms with Gasteiger partial charge in [-0.1, -0.05) is 19.3 Å². The average molecular weight is 230 g/mol. The maximum atomic E-state index is 11.9. The third-order valence-corrected chi connectivity index (χ3v) is 4.89. The molecule has 0 N–H and O–H groups in total. The number of sulfonamides is 1. The van der Waals surface area contributed by atoms with Crippen molar-refractivity contribution in [1.29, 1.82) is 5.26 Å². The Morgan fingerprint density at radius 3 is 2.07 bits per heavy atom. The minimum atomic E-state index is -3.38. The molecule has 0 bridgehead atoms. The Morgan fingerprint density at radius 2 is 1.60 bits per heavy atom. The first-order valence-corrected chi connectivity index (χ1v) is 6.98. The lowest BCUT2D eigenvalue weighted by atomic mass is 10.1. The van der Waals surface area contributed by atoms with Crippen molar-refractivity contribution in [2.75, 3.05) is 13.1 Å². The topological polar surface area (TPSA) is 61.2 Å². The summed E-state index contributed by atoms with van der Waals surface area (Å²) in [4.78, 5) is 0. The van der Waals surface area contributed by atoms with E-state index in [4.69, 9.17) is 5.26 Å². The number of rotatable bonds is 2. The quantitative estimate of drug-likeness (QED) is 0.722. The van der Waals surface area contributed by atoms with Gasteiger partial charge in [-0.2, -0.15) is 5.26 Å². The summed E-state index contributed by atoms with van der Waals surface area (Å²) in [6.45, 7) is 2.61. The van der Waals surface area contributed by atoms with E-state index in [9.17, 15) is 8.42 Å². The van der Waals surface area contributed by atoms with Gasteiger partial charge in [0.05, 0.1) is 6.07 Å². The predicted molar refractivity (Wildman–Crippen MR) is 58.7 cm³/mol. The van der Waals surface area contributed by atoms with E-state index in [0.29, 0.717) is 13.1 Å². The monoisotopic (exact) mass is 230 g/mol. The molecule has 1 rings (SSSR count). The summed E-state index contributed by atoms with van der Waals surface area (Å²) in [6, 6.07) is 1.81. The van der Waals surface area contributed by atoms with Crippen molar-refractivity contribution in [3.63, 3.8) is 0 Å². The molecule has 0 spiro atoms. The summed E-state index contributed by atoms with van der Waals surface area (Å²) in [5.74, 6) is 0. The lowest BCUT2D eigenvalue weighted by Crippen LogP contribution is -2.38. The summed E-state index contributed by atoms with van der Waals surface area (Å²) in [5, 5.41) is 7.75. The molecule has 86 valence electrons. The molecule has 1 atom stereocenters. The van der Waals surface area contributed by atoms with E-state index in [1.807, 2.05) is 6.07 Å². The molecule has 0 amide bonds. The molecule has 4 nitrogen and oxygen atoms in total. The fourth-order valence-corrected chi connectivity index (χ4v) is 3.11. The van der Waals surface area contributed by atoms with Crippen molar-refractivity contribution in [3.05, 3.63) is 0 Å². The first-order chi connectivity index (χ1) is 7.09. The first-order valence-electron chi connectivity index (χ1n) is 5.47. The number of nitriles is 1. The van der Waals surface area contributed by atoms with Gasteiger partial charge in [-0.25, -0.2) is 12.7 Å². The summed E-state index contributed by atoms with van der Waals surface area (Å²) in [6.07, 6.45) is 5.20. The molecule has 1 aliphatic rings. The highest BCUT2D eigenvalue weighted by Crippen LogP contribution is 2.16. The van der Waals surface area contributed by atoms with E-state index in [1.165, 1.54) is 17.6 Å². The smallest absolute Gasteiger partial charge is 0.211 e. The van der Waals surface area contributed by atoms with Crippen molar-refractivity contribution in [1.82, 2.24) is 4.31 Å². The molecule has 1 unspecified atom stereocenters. The second-order valence-electron chi connectivity index (χ2n) is 3.98. The Bertz CT molecular complexity index is 324. The molecule has 5 heteroatoms. The van der Waals surface area contributed by atoms with E-state index >= 15 is 0 Å². The zero-order valence-corrected chi connectivity index (χ0v) is 9.96. The third-order valence-electron chi connectivity index (χ3n) is 2.80. The van der Waals surface area contributed by atoms with Gasteiger partial charge in [0.2, 0.25) is 10.0 Å². The Kier molecular flexibility index (Phi) is 4.55. The van der Waals surface area contributed by atoms with Gasteiger partial charge in [0, 0.05) is 13.1 Å². The van der Waals surface area contributed by atoms with Crippen LogP contribution in [0.25, 0.3) is 0 Å². The van der Waals surface area contributed by atoms with E-state index in [1.54, 1.807) is 0 Å². The number of hydrogen-bond donors (Lipinski definition) is 0. The van der Waals surface area contributed by atoms with Gasteiger partial charge in [0.1, 0.15) is 0 Å². The van der Waals surface area contributed by atoms with Gasteiger partial charge < -0.3 is 0 Å². The molecule has 1 saturated heterocycles. The van der Waals surface area contributed by atoms with E-state index < -0.39 is 15.3 Å². The molecule has 15 heavy (non-hydrogen) atoms. The normalized spacial score (nSPS) is 22.4. The highest BCUT2D eigenvalue weighted by Gasteiger charge is 2.28. The lowest BCUT2D eigenvalue weighted by molar-refractivity contribution is 0.362. The first kappa shape index (κ1) is 12.5. The number of hydrogen-bond acceptors (Lipinski definition) is 3. The maximum Gasteiger partial charge on any atom is 0.230 e. The second kappa shape index (κ2) is 5.47. The highest BCUT2D eigenvalue weighted by atomic mass is 32.2. The fraction of sp³-hybridized carbons (Fsp3) is 0.900. The Hall–Kier alpha value is -0.600. The highest BCUT2D eigenvalue weighted by molar-refractivity contribution is 7.89. The van der Waals surface area contributed by atoms with Crippen LogP contribution in [-0.4, -0.2) is 31.1 Å². The maximum absolute atomic E-state index is 11.9. The molecule has 0 aromatic carbocycles.